The third-order valence-corrected chi connectivity index (χ3v) is 3.39. The van der Waals surface area contributed by atoms with E-state index in [0.29, 0.717) is 18.8 Å². The van der Waals surface area contributed by atoms with Crippen LogP contribution in [0.3, 0.4) is 0 Å². The number of piperazine rings is 1. The molecule has 1 aliphatic rings. The lowest BCUT2D eigenvalue weighted by Crippen LogP contribution is -2.43. The number of hydrogen-bond donors (Lipinski definition) is 1. The van der Waals surface area contributed by atoms with Gasteiger partial charge in [0.05, 0.1) is 4.90 Å². The molecule has 8 heteroatoms. The van der Waals surface area contributed by atoms with Crippen LogP contribution in [0.5, 0.6) is 0 Å². The number of halogens is 5. The van der Waals surface area contributed by atoms with Crippen molar-refractivity contribution in [2.75, 3.05) is 31.1 Å². The van der Waals surface area contributed by atoms with Gasteiger partial charge in [0.15, 0.2) is 0 Å². The van der Waals surface area contributed by atoms with E-state index in [1.807, 2.05) is 4.90 Å². The van der Waals surface area contributed by atoms with Crippen LogP contribution in [0.2, 0.25) is 0 Å². The Morgan fingerprint density at radius 2 is 1.79 bits per heavy atom. The first-order valence-corrected chi connectivity index (χ1v) is 6.28. The van der Waals surface area contributed by atoms with Crippen LogP contribution in [0, 0.1) is 5.82 Å². The molecule has 1 saturated heterocycles. The predicted molar refractivity (Wildman–Crippen MR) is 70.6 cm³/mol. The van der Waals surface area contributed by atoms with Crippen LogP contribution in [0.1, 0.15) is 0 Å². The SMILES string of the molecule is Cl.Fc1ccc(N2CCNCC2)cc1SC(F)(F)F. The van der Waals surface area contributed by atoms with Crippen LogP contribution in [0.15, 0.2) is 23.1 Å². The molecule has 1 aliphatic heterocycles. The highest BCUT2D eigenvalue weighted by Gasteiger charge is 2.31. The smallest absolute Gasteiger partial charge is 0.369 e. The molecule has 0 atom stereocenters. The van der Waals surface area contributed by atoms with Gasteiger partial charge in [0, 0.05) is 31.9 Å². The van der Waals surface area contributed by atoms with Crippen molar-refractivity contribution in [3.63, 3.8) is 0 Å². The Hall–Kier alpha value is -0.660. The summed E-state index contributed by atoms with van der Waals surface area (Å²) in [5.41, 5.74) is -3.84. The van der Waals surface area contributed by atoms with Gasteiger partial charge in [-0.2, -0.15) is 13.2 Å². The number of alkyl halides is 3. The van der Waals surface area contributed by atoms with Crippen LogP contribution < -0.4 is 10.2 Å². The van der Waals surface area contributed by atoms with E-state index < -0.39 is 23.1 Å². The first-order chi connectivity index (χ1) is 8.46. The predicted octanol–water partition coefficient (Wildman–Crippen LogP) is 3.27. The van der Waals surface area contributed by atoms with Crippen molar-refractivity contribution < 1.29 is 17.6 Å². The topological polar surface area (TPSA) is 15.3 Å². The monoisotopic (exact) mass is 316 g/mol. The number of benzene rings is 1. The number of nitrogens with one attached hydrogen (secondary N) is 1. The van der Waals surface area contributed by atoms with Gasteiger partial charge in [-0.05, 0) is 30.0 Å². The average Bonchev–Trinajstić information content (AvgIpc) is 2.31. The molecule has 1 N–H and O–H groups in total. The molecule has 2 nitrogen and oxygen atoms in total. The minimum Gasteiger partial charge on any atom is -0.369 e. The molecule has 1 aromatic rings. The Morgan fingerprint density at radius 1 is 1.16 bits per heavy atom. The quantitative estimate of drug-likeness (QED) is 0.666. The Morgan fingerprint density at radius 3 is 2.37 bits per heavy atom. The first kappa shape index (κ1) is 16.4. The minimum absolute atomic E-state index is 0. The lowest BCUT2D eigenvalue weighted by Gasteiger charge is -2.29. The maximum Gasteiger partial charge on any atom is 0.446 e. The minimum atomic E-state index is -4.47. The fourth-order valence-electron chi connectivity index (χ4n) is 1.81. The molecule has 2 rings (SSSR count). The van der Waals surface area contributed by atoms with Crippen LogP contribution in [-0.2, 0) is 0 Å². The number of thioether (sulfide) groups is 1. The van der Waals surface area contributed by atoms with E-state index in [-0.39, 0.29) is 17.3 Å². The molecule has 1 fully saturated rings. The van der Waals surface area contributed by atoms with Crippen LogP contribution in [0.25, 0.3) is 0 Å². The van der Waals surface area contributed by atoms with Gasteiger partial charge in [0.2, 0.25) is 0 Å². The van der Waals surface area contributed by atoms with Crippen molar-refractivity contribution in [3.05, 3.63) is 24.0 Å². The largest absolute Gasteiger partial charge is 0.446 e. The van der Waals surface area contributed by atoms with Crippen molar-refractivity contribution >= 4 is 29.9 Å². The summed E-state index contributed by atoms with van der Waals surface area (Å²) in [6.45, 7) is 2.97. The molecule has 0 saturated carbocycles. The summed E-state index contributed by atoms with van der Waals surface area (Å²) < 4.78 is 50.1. The molecule has 1 heterocycles. The number of rotatable bonds is 2. The highest BCUT2D eigenvalue weighted by molar-refractivity contribution is 8.00. The molecule has 0 amide bonds. The van der Waals surface area contributed by atoms with E-state index in [1.54, 1.807) is 0 Å². The van der Waals surface area contributed by atoms with E-state index in [0.717, 1.165) is 19.2 Å². The Bertz CT molecular complexity index is 422. The molecular weight excluding hydrogens is 304 g/mol. The van der Waals surface area contributed by atoms with E-state index in [2.05, 4.69) is 5.32 Å². The van der Waals surface area contributed by atoms with Crippen molar-refractivity contribution in [2.24, 2.45) is 0 Å². The van der Waals surface area contributed by atoms with Gasteiger partial charge in [-0.3, -0.25) is 0 Å². The molecule has 19 heavy (non-hydrogen) atoms. The maximum absolute atomic E-state index is 13.3. The summed E-state index contributed by atoms with van der Waals surface area (Å²) in [6.07, 6.45) is 0. The van der Waals surface area contributed by atoms with Crippen LogP contribution in [-0.4, -0.2) is 31.7 Å². The molecule has 1 aromatic carbocycles. The zero-order valence-electron chi connectivity index (χ0n) is 9.84. The lowest BCUT2D eigenvalue weighted by atomic mass is 10.2. The fourth-order valence-corrected chi connectivity index (χ4v) is 2.41. The van der Waals surface area contributed by atoms with E-state index in [9.17, 15) is 17.6 Å². The Balaban J connectivity index is 0.00000180. The van der Waals surface area contributed by atoms with Crippen LogP contribution in [0.4, 0.5) is 23.2 Å². The summed E-state index contributed by atoms with van der Waals surface area (Å²) in [6, 6.07) is 3.87. The summed E-state index contributed by atoms with van der Waals surface area (Å²) in [4.78, 5) is 1.56. The molecule has 0 aromatic heterocycles. The van der Waals surface area contributed by atoms with E-state index >= 15 is 0 Å². The highest BCUT2D eigenvalue weighted by atomic mass is 35.5. The van der Waals surface area contributed by atoms with Crippen molar-refractivity contribution in [3.8, 4) is 0 Å². The van der Waals surface area contributed by atoms with Crippen molar-refractivity contribution in [2.45, 2.75) is 10.4 Å². The van der Waals surface area contributed by atoms with Crippen LogP contribution >= 0.6 is 24.2 Å². The molecule has 0 bridgehead atoms. The summed E-state index contributed by atoms with van der Waals surface area (Å²) >= 11 is -0.412. The summed E-state index contributed by atoms with van der Waals surface area (Å²) in [7, 11) is 0. The third-order valence-electron chi connectivity index (χ3n) is 2.62. The lowest BCUT2D eigenvalue weighted by molar-refractivity contribution is -0.0329. The average molecular weight is 317 g/mol. The number of nitrogens with zero attached hydrogens (tertiary/aromatic N) is 1. The highest BCUT2D eigenvalue weighted by Crippen LogP contribution is 2.39. The molecule has 0 spiro atoms. The van der Waals surface area contributed by atoms with E-state index in [4.69, 9.17) is 0 Å². The second-order valence-corrected chi connectivity index (χ2v) is 5.01. The van der Waals surface area contributed by atoms with Gasteiger partial charge in [0.1, 0.15) is 5.82 Å². The van der Waals surface area contributed by atoms with Gasteiger partial charge in [-0.25, -0.2) is 4.39 Å². The first-order valence-electron chi connectivity index (χ1n) is 5.47. The van der Waals surface area contributed by atoms with E-state index in [1.165, 1.54) is 12.1 Å². The van der Waals surface area contributed by atoms with Gasteiger partial charge in [0.25, 0.3) is 0 Å². The normalized spacial score (nSPS) is 16.1. The van der Waals surface area contributed by atoms with Crippen molar-refractivity contribution in [1.82, 2.24) is 5.32 Å². The number of anilines is 1. The third kappa shape index (κ3) is 4.74. The summed E-state index contributed by atoms with van der Waals surface area (Å²) in [5, 5.41) is 3.15. The molecule has 108 valence electrons. The second kappa shape index (κ2) is 6.67. The zero-order chi connectivity index (χ0) is 13.2. The molecule has 0 radical (unpaired) electrons. The Kier molecular flexibility index (Phi) is 5.76. The van der Waals surface area contributed by atoms with Gasteiger partial charge in [-0.15, -0.1) is 12.4 Å². The maximum atomic E-state index is 13.3. The molecule has 0 aliphatic carbocycles. The number of hydrogen-bond acceptors (Lipinski definition) is 3. The van der Waals surface area contributed by atoms with Gasteiger partial charge < -0.3 is 10.2 Å². The summed E-state index contributed by atoms with van der Waals surface area (Å²) in [5.74, 6) is -0.837. The molecular formula is C11H13ClF4N2S. The standard InChI is InChI=1S/C11H12F4N2S.ClH/c12-9-2-1-8(17-5-3-16-4-6-17)7-10(9)18-11(13,14)15;/h1-2,7,16H,3-6H2;1H. The second-order valence-electron chi connectivity index (χ2n) is 3.90. The molecule has 0 unspecified atom stereocenters. The van der Waals surface area contributed by atoms with Crippen molar-refractivity contribution in [1.29, 1.82) is 0 Å². The van der Waals surface area contributed by atoms with Gasteiger partial charge in [-0.1, -0.05) is 0 Å². The van der Waals surface area contributed by atoms with Gasteiger partial charge >= 0.3 is 5.51 Å². The zero-order valence-corrected chi connectivity index (χ0v) is 11.5. The fraction of sp³-hybridized carbons (Fsp3) is 0.455. The Labute approximate surface area is 118 Å².